The van der Waals surface area contributed by atoms with Crippen LogP contribution in [0.5, 0.6) is 0 Å². The molecule has 2 aromatic rings. The van der Waals surface area contributed by atoms with E-state index in [-0.39, 0.29) is 30.6 Å². The van der Waals surface area contributed by atoms with Crippen LogP contribution in [0.1, 0.15) is 60.2 Å². The van der Waals surface area contributed by atoms with Gasteiger partial charge in [-0.25, -0.2) is 0 Å². The quantitative estimate of drug-likeness (QED) is 0.414. The monoisotopic (exact) mass is 667 g/mol. The summed E-state index contributed by atoms with van der Waals surface area (Å²) < 4.78 is 81.5. The average molecular weight is 668 g/mol. The summed E-state index contributed by atoms with van der Waals surface area (Å²) in [5, 5.41) is 3.08. The van der Waals surface area contributed by atoms with Crippen molar-refractivity contribution in [2.75, 3.05) is 52.9 Å². The maximum Gasteiger partial charge on any atom is 0.416 e. The van der Waals surface area contributed by atoms with Gasteiger partial charge in [0.25, 0.3) is 5.91 Å². The number of amides is 2. The smallest absolute Gasteiger partial charge is 0.339 e. The van der Waals surface area contributed by atoms with E-state index in [1.54, 1.807) is 7.05 Å². The number of carbonyl (C=O) groups is 2. The van der Waals surface area contributed by atoms with E-state index < -0.39 is 46.5 Å². The molecule has 2 amide bonds. The zero-order chi connectivity index (χ0) is 34.1. The van der Waals surface area contributed by atoms with Crippen molar-refractivity contribution in [2.45, 2.75) is 75.5 Å². The van der Waals surface area contributed by atoms with Gasteiger partial charge in [0.1, 0.15) is 0 Å². The minimum atomic E-state index is -5.04. The summed E-state index contributed by atoms with van der Waals surface area (Å²) in [6, 6.07) is 10.5. The Morgan fingerprint density at radius 2 is 1.34 bits per heavy atom. The van der Waals surface area contributed by atoms with Gasteiger partial charge in [-0.15, -0.1) is 0 Å². The number of alkyl halides is 6. The molecule has 5 rings (SSSR count). The highest BCUT2D eigenvalue weighted by molar-refractivity contribution is 5.95. The van der Waals surface area contributed by atoms with Gasteiger partial charge in [-0.1, -0.05) is 30.3 Å². The number of likely N-dealkylation sites (N-methyl/N-ethyl adjacent to an activating group) is 1. The Labute approximate surface area is 271 Å². The third-order valence-corrected chi connectivity index (χ3v) is 10.1. The van der Waals surface area contributed by atoms with Crippen LogP contribution in [-0.4, -0.2) is 108 Å². The third-order valence-electron chi connectivity index (χ3n) is 10.1. The summed E-state index contributed by atoms with van der Waals surface area (Å²) in [5.74, 6) is -0.737. The van der Waals surface area contributed by atoms with Gasteiger partial charge in [-0.2, -0.15) is 26.3 Å². The van der Waals surface area contributed by atoms with E-state index in [2.05, 4.69) is 15.1 Å². The van der Waals surface area contributed by atoms with Gasteiger partial charge in [0.2, 0.25) is 5.91 Å². The molecule has 258 valence electrons. The standard InChI is InChI=1S/C34H43F6N5O2/c1-32(2,41-3)31(47)44-11-9-28(22-44)43-15-13-42(14-16-43)27-10-12-45(29(21-27)17-23-7-5-4-6-8-23)30(46)24-18-25(33(35,36)37)20-26(19-24)34(38,39)40/h4-8,18-20,27-29,41H,9-17,21-22H2,1-3H3. The number of likely N-dealkylation sites (tertiary alicyclic amines) is 2. The largest absolute Gasteiger partial charge is 0.416 e. The number of benzene rings is 2. The minimum absolute atomic E-state index is 0.0499. The van der Waals surface area contributed by atoms with Crippen molar-refractivity contribution in [2.24, 2.45) is 0 Å². The Bertz CT molecular complexity index is 1380. The molecule has 3 unspecified atom stereocenters. The normalized spacial score (nSPS) is 23.7. The van der Waals surface area contributed by atoms with Crippen LogP contribution in [0.3, 0.4) is 0 Å². The predicted octanol–water partition coefficient (Wildman–Crippen LogP) is 5.16. The summed E-state index contributed by atoms with van der Waals surface area (Å²) in [7, 11) is 1.78. The second-order valence-electron chi connectivity index (χ2n) is 13.5. The van der Waals surface area contributed by atoms with Gasteiger partial charge in [-0.3, -0.25) is 19.4 Å². The number of nitrogens with zero attached hydrogens (tertiary/aromatic N) is 4. The van der Waals surface area contributed by atoms with Gasteiger partial charge in [-0.05, 0) is 70.3 Å². The van der Waals surface area contributed by atoms with Crippen LogP contribution in [0, 0.1) is 0 Å². The number of rotatable bonds is 7. The molecule has 3 saturated heterocycles. The minimum Gasteiger partial charge on any atom is -0.339 e. The second-order valence-corrected chi connectivity index (χ2v) is 13.5. The van der Waals surface area contributed by atoms with Crippen molar-refractivity contribution in [3.05, 3.63) is 70.8 Å². The molecule has 1 N–H and O–H groups in total. The molecule has 3 heterocycles. The fraction of sp³-hybridized carbons (Fsp3) is 0.588. The molecule has 0 radical (unpaired) electrons. The first-order valence-corrected chi connectivity index (χ1v) is 16.2. The van der Waals surface area contributed by atoms with Crippen LogP contribution in [0.2, 0.25) is 0 Å². The van der Waals surface area contributed by atoms with Crippen LogP contribution in [0.15, 0.2) is 48.5 Å². The third kappa shape index (κ3) is 8.11. The molecule has 47 heavy (non-hydrogen) atoms. The Balaban J connectivity index is 1.28. The predicted molar refractivity (Wildman–Crippen MR) is 166 cm³/mol. The number of nitrogens with one attached hydrogen (secondary N) is 1. The first-order chi connectivity index (χ1) is 22.1. The van der Waals surface area contributed by atoms with Crippen molar-refractivity contribution in [1.29, 1.82) is 0 Å². The van der Waals surface area contributed by atoms with E-state index in [4.69, 9.17) is 0 Å². The van der Waals surface area contributed by atoms with Crippen LogP contribution >= 0.6 is 0 Å². The lowest BCUT2D eigenvalue weighted by Gasteiger charge is -2.47. The first-order valence-electron chi connectivity index (χ1n) is 16.2. The molecule has 3 atom stereocenters. The first kappa shape index (κ1) is 35.2. The van der Waals surface area contributed by atoms with E-state index >= 15 is 0 Å². The maximum absolute atomic E-state index is 13.7. The molecule has 0 saturated carbocycles. The molecule has 3 fully saturated rings. The van der Waals surface area contributed by atoms with Gasteiger partial charge in [0.15, 0.2) is 0 Å². The fourth-order valence-corrected chi connectivity index (χ4v) is 7.15. The summed E-state index contributed by atoms with van der Waals surface area (Å²) in [5.41, 5.74) is -3.30. The number of hydrogen-bond acceptors (Lipinski definition) is 5. The number of halogens is 6. The molecule has 2 aromatic carbocycles. The topological polar surface area (TPSA) is 59.1 Å². The van der Waals surface area contributed by atoms with Gasteiger partial charge in [0, 0.05) is 69.5 Å². The molecular weight excluding hydrogens is 624 g/mol. The van der Waals surface area contributed by atoms with E-state index in [0.29, 0.717) is 37.9 Å². The van der Waals surface area contributed by atoms with Crippen LogP contribution in [0.25, 0.3) is 0 Å². The van der Waals surface area contributed by atoms with Gasteiger partial charge >= 0.3 is 12.4 Å². The number of carbonyl (C=O) groups excluding carboxylic acids is 2. The van der Waals surface area contributed by atoms with Crippen LogP contribution < -0.4 is 5.32 Å². The maximum atomic E-state index is 13.7. The van der Waals surface area contributed by atoms with Gasteiger partial charge in [0.05, 0.1) is 16.7 Å². The molecule has 7 nitrogen and oxygen atoms in total. The van der Waals surface area contributed by atoms with Crippen molar-refractivity contribution in [3.8, 4) is 0 Å². The average Bonchev–Trinajstić information content (AvgIpc) is 3.54. The molecule has 0 bridgehead atoms. The summed E-state index contributed by atoms with van der Waals surface area (Å²) >= 11 is 0. The second kappa shape index (κ2) is 13.8. The van der Waals surface area contributed by atoms with E-state index in [9.17, 15) is 35.9 Å². The molecule has 3 aliphatic heterocycles. The molecule has 0 aliphatic carbocycles. The highest BCUT2D eigenvalue weighted by Gasteiger charge is 2.41. The Morgan fingerprint density at radius 1 is 0.787 bits per heavy atom. The highest BCUT2D eigenvalue weighted by Crippen LogP contribution is 2.37. The zero-order valence-electron chi connectivity index (χ0n) is 27.0. The Hall–Kier alpha value is -3.16. The van der Waals surface area contributed by atoms with Crippen molar-refractivity contribution >= 4 is 11.8 Å². The number of hydrogen-bond donors (Lipinski definition) is 1. The molecule has 3 aliphatic rings. The van der Waals surface area contributed by atoms with Crippen molar-refractivity contribution < 1.29 is 35.9 Å². The number of piperazine rings is 1. The lowest BCUT2D eigenvalue weighted by Crippen LogP contribution is -2.58. The lowest BCUT2D eigenvalue weighted by molar-refractivity contribution is -0.143. The number of piperidine rings is 1. The molecular formula is C34H43F6N5O2. The fourth-order valence-electron chi connectivity index (χ4n) is 7.15. The zero-order valence-corrected chi connectivity index (χ0v) is 27.0. The van der Waals surface area contributed by atoms with E-state index in [1.807, 2.05) is 49.1 Å². The molecule has 13 heteroatoms. The lowest BCUT2D eigenvalue weighted by atomic mass is 9.90. The van der Waals surface area contributed by atoms with E-state index in [0.717, 1.165) is 44.7 Å². The summed E-state index contributed by atoms with van der Waals surface area (Å²) in [6.45, 7) is 8.64. The SMILES string of the molecule is CNC(C)(C)C(=O)N1CCC(N2CCN(C3CCN(C(=O)c4cc(C(F)(F)F)cc(C(F)(F)F)c4)C(Cc4ccccc4)C3)CC2)C1. The summed E-state index contributed by atoms with van der Waals surface area (Å²) in [4.78, 5) is 34.9. The molecule has 0 aromatic heterocycles. The Morgan fingerprint density at radius 3 is 1.89 bits per heavy atom. The molecule has 0 spiro atoms. The summed E-state index contributed by atoms with van der Waals surface area (Å²) in [6.07, 6.45) is -7.61. The van der Waals surface area contributed by atoms with Crippen molar-refractivity contribution in [1.82, 2.24) is 24.9 Å². The van der Waals surface area contributed by atoms with Crippen LogP contribution in [0.4, 0.5) is 26.3 Å². The van der Waals surface area contributed by atoms with Crippen LogP contribution in [-0.2, 0) is 23.6 Å². The van der Waals surface area contributed by atoms with Gasteiger partial charge < -0.3 is 15.1 Å². The Kier molecular flexibility index (Phi) is 10.3. The highest BCUT2D eigenvalue weighted by atomic mass is 19.4. The van der Waals surface area contributed by atoms with E-state index in [1.165, 1.54) is 4.90 Å². The van der Waals surface area contributed by atoms with Crippen molar-refractivity contribution in [3.63, 3.8) is 0 Å².